The molecule has 2 heterocycles. The van der Waals surface area contributed by atoms with Crippen molar-refractivity contribution in [2.24, 2.45) is 0 Å². The van der Waals surface area contributed by atoms with Crippen LogP contribution in [0.3, 0.4) is 0 Å². The summed E-state index contributed by atoms with van der Waals surface area (Å²) in [6.45, 7) is 2.11. The molecule has 1 unspecified atom stereocenters. The summed E-state index contributed by atoms with van der Waals surface area (Å²) in [5, 5.41) is 2.89. The maximum atomic E-state index is 12.0. The number of thiophene rings is 1. The normalized spacial score (nSPS) is 21.8. The van der Waals surface area contributed by atoms with Gasteiger partial charge in [0.2, 0.25) is 6.43 Å². The average molecular weight is 247 g/mol. The molecule has 1 aromatic rings. The monoisotopic (exact) mass is 247 g/mol. The molecule has 0 N–H and O–H groups in total. The Morgan fingerprint density at radius 1 is 1.56 bits per heavy atom. The maximum absolute atomic E-state index is 12.0. The number of rotatable bonds is 5. The molecule has 0 bridgehead atoms. The van der Waals surface area contributed by atoms with Crippen LogP contribution in [0.2, 0.25) is 0 Å². The topological polar surface area (TPSA) is 12.5 Å². The van der Waals surface area contributed by atoms with Crippen molar-refractivity contribution in [2.45, 2.75) is 25.4 Å². The minimum Gasteiger partial charge on any atom is -0.479 e. The molecule has 1 saturated heterocycles. The first-order chi connectivity index (χ1) is 7.74. The Bertz CT molecular complexity index is 305. The van der Waals surface area contributed by atoms with Crippen molar-refractivity contribution < 1.29 is 13.5 Å². The van der Waals surface area contributed by atoms with Gasteiger partial charge in [-0.3, -0.25) is 4.90 Å². The molecule has 0 spiro atoms. The van der Waals surface area contributed by atoms with Gasteiger partial charge in [0.25, 0.3) is 0 Å². The van der Waals surface area contributed by atoms with Crippen molar-refractivity contribution in [3.8, 4) is 5.06 Å². The van der Waals surface area contributed by atoms with E-state index in [1.54, 1.807) is 11.3 Å². The maximum Gasteiger partial charge on any atom is 0.239 e. The molecule has 1 fully saturated rings. The van der Waals surface area contributed by atoms with E-state index in [0.29, 0.717) is 6.54 Å². The lowest BCUT2D eigenvalue weighted by Crippen LogP contribution is -2.26. The average Bonchev–Trinajstić information content (AvgIpc) is 2.87. The summed E-state index contributed by atoms with van der Waals surface area (Å²) in [5.41, 5.74) is 0. The lowest BCUT2D eigenvalue weighted by molar-refractivity contribution is 0.118. The van der Waals surface area contributed by atoms with Gasteiger partial charge < -0.3 is 4.74 Å². The second-order valence-electron chi connectivity index (χ2n) is 3.94. The Morgan fingerprint density at radius 2 is 2.44 bits per heavy atom. The second-order valence-corrected chi connectivity index (χ2v) is 4.85. The fraction of sp³-hybridized carbons (Fsp3) is 0.636. The van der Waals surface area contributed by atoms with Crippen molar-refractivity contribution in [1.82, 2.24) is 4.90 Å². The van der Waals surface area contributed by atoms with Crippen molar-refractivity contribution in [2.75, 3.05) is 19.6 Å². The van der Waals surface area contributed by atoms with Crippen LogP contribution in [0.4, 0.5) is 8.78 Å². The molecule has 90 valence electrons. The number of hydrogen-bond donors (Lipinski definition) is 0. The molecule has 0 saturated carbocycles. The minimum absolute atomic E-state index is 0.0360. The van der Waals surface area contributed by atoms with Gasteiger partial charge in [0.05, 0.1) is 0 Å². The highest BCUT2D eigenvalue weighted by Gasteiger charge is 2.24. The Morgan fingerprint density at radius 3 is 3.12 bits per heavy atom. The third-order valence-electron chi connectivity index (χ3n) is 2.67. The number of halogens is 2. The van der Waals surface area contributed by atoms with E-state index in [2.05, 4.69) is 0 Å². The van der Waals surface area contributed by atoms with Crippen LogP contribution in [0.15, 0.2) is 17.5 Å². The highest BCUT2D eigenvalue weighted by molar-refractivity contribution is 7.11. The largest absolute Gasteiger partial charge is 0.479 e. The molecule has 16 heavy (non-hydrogen) atoms. The molecule has 2 nitrogen and oxygen atoms in total. The Labute approximate surface area is 97.8 Å². The molecule has 0 aromatic carbocycles. The highest BCUT2D eigenvalue weighted by atomic mass is 32.1. The zero-order chi connectivity index (χ0) is 11.4. The van der Waals surface area contributed by atoms with Crippen LogP contribution in [-0.2, 0) is 0 Å². The molecule has 1 aromatic heterocycles. The first kappa shape index (κ1) is 11.8. The van der Waals surface area contributed by atoms with Gasteiger partial charge in [-0.15, -0.1) is 11.3 Å². The van der Waals surface area contributed by atoms with Crippen LogP contribution in [-0.4, -0.2) is 37.1 Å². The SMILES string of the molecule is FC(F)CCN1CCC(Oc2cccs2)C1. The van der Waals surface area contributed by atoms with Crippen molar-refractivity contribution in [3.05, 3.63) is 17.5 Å². The molecule has 1 atom stereocenters. The molecule has 1 aliphatic heterocycles. The summed E-state index contributed by atoms with van der Waals surface area (Å²) in [6.07, 6.45) is -1.14. The first-order valence-electron chi connectivity index (χ1n) is 5.44. The van der Waals surface area contributed by atoms with Crippen LogP contribution >= 0.6 is 11.3 Å². The smallest absolute Gasteiger partial charge is 0.239 e. The van der Waals surface area contributed by atoms with Crippen LogP contribution in [0.1, 0.15) is 12.8 Å². The molecule has 2 rings (SSSR count). The fourth-order valence-corrected chi connectivity index (χ4v) is 2.51. The van der Waals surface area contributed by atoms with Crippen molar-refractivity contribution in [3.63, 3.8) is 0 Å². The summed E-state index contributed by atoms with van der Waals surface area (Å²) >= 11 is 1.57. The predicted molar refractivity (Wildman–Crippen MR) is 60.4 cm³/mol. The number of nitrogens with zero attached hydrogens (tertiary/aromatic N) is 1. The summed E-state index contributed by atoms with van der Waals surface area (Å²) in [6, 6.07) is 3.88. The zero-order valence-corrected chi connectivity index (χ0v) is 9.76. The molecular formula is C11H15F2NOS. The zero-order valence-electron chi connectivity index (χ0n) is 8.94. The van der Waals surface area contributed by atoms with Gasteiger partial charge in [-0.2, -0.15) is 0 Å². The van der Waals surface area contributed by atoms with E-state index in [1.807, 2.05) is 22.4 Å². The number of alkyl halides is 2. The Kier molecular flexibility index (Phi) is 4.12. The number of ether oxygens (including phenoxy) is 1. The predicted octanol–water partition coefficient (Wildman–Crippen LogP) is 2.86. The van der Waals surface area contributed by atoms with Gasteiger partial charge in [0.15, 0.2) is 5.06 Å². The van der Waals surface area contributed by atoms with Gasteiger partial charge in [-0.25, -0.2) is 8.78 Å². The van der Waals surface area contributed by atoms with Gasteiger partial charge in [-0.1, -0.05) is 0 Å². The highest BCUT2D eigenvalue weighted by Crippen LogP contribution is 2.23. The van der Waals surface area contributed by atoms with Crippen LogP contribution in [0, 0.1) is 0 Å². The van der Waals surface area contributed by atoms with Crippen LogP contribution in [0.5, 0.6) is 5.06 Å². The van der Waals surface area contributed by atoms with Gasteiger partial charge in [0.1, 0.15) is 6.10 Å². The van der Waals surface area contributed by atoms with E-state index in [4.69, 9.17) is 4.74 Å². The molecule has 0 amide bonds. The molecule has 0 radical (unpaired) electrons. The minimum atomic E-state index is -2.20. The van der Waals surface area contributed by atoms with E-state index in [-0.39, 0.29) is 12.5 Å². The fourth-order valence-electron chi connectivity index (χ4n) is 1.87. The molecule has 5 heteroatoms. The van der Waals surface area contributed by atoms with E-state index in [1.165, 1.54) is 0 Å². The van der Waals surface area contributed by atoms with Gasteiger partial charge in [-0.05, 0) is 23.9 Å². The third-order valence-corrected chi connectivity index (χ3v) is 3.43. The summed E-state index contributed by atoms with van der Waals surface area (Å²) in [5.74, 6) is 0. The van der Waals surface area contributed by atoms with Gasteiger partial charge >= 0.3 is 0 Å². The number of hydrogen-bond acceptors (Lipinski definition) is 3. The summed E-state index contributed by atoms with van der Waals surface area (Å²) in [7, 11) is 0. The lowest BCUT2D eigenvalue weighted by Gasteiger charge is -2.15. The van der Waals surface area contributed by atoms with E-state index < -0.39 is 6.43 Å². The van der Waals surface area contributed by atoms with Crippen LogP contribution in [0.25, 0.3) is 0 Å². The molecule has 0 aliphatic carbocycles. The van der Waals surface area contributed by atoms with Crippen molar-refractivity contribution in [1.29, 1.82) is 0 Å². The molecule has 1 aliphatic rings. The number of likely N-dealkylation sites (tertiary alicyclic amines) is 1. The first-order valence-corrected chi connectivity index (χ1v) is 6.32. The third kappa shape index (κ3) is 3.42. The molecular weight excluding hydrogens is 232 g/mol. The van der Waals surface area contributed by atoms with E-state index in [9.17, 15) is 8.78 Å². The van der Waals surface area contributed by atoms with E-state index >= 15 is 0 Å². The summed E-state index contributed by atoms with van der Waals surface area (Å²) in [4.78, 5) is 2.05. The standard InChI is InChI=1S/C11H15F2NOS/c12-10(13)4-6-14-5-3-9(8-14)15-11-2-1-7-16-11/h1-2,7,9-10H,3-6,8H2. The van der Waals surface area contributed by atoms with Crippen molar-refractivity contribution >= 4 is 11.3 Å². The summed E-state index contributed by atoms with van der Waals surface area (Å²) < 4.78 is 29.8. The lowest BCUT2D eigenvalue weighted by atomic mass is 10.3. The quantitative estimate of drug-likeness (QED) is 0.793. The van der Waals surface area contributed by atoms with Crippen LogP contribution < -0.4 is 4.74 Å². The van der Waals surface area contributed by atoms with E-state index in [0.717, 1.165) is 24.6 Å². The Hall–Kier alpha value is -0.680. The second kappa shape index (κ2) is 5.59. The van der Waals surface area contributed by atoms with Gasteiger partial charge in [0, 0.05) is 26.1 Å². The Balaban J connectivity index is 1.71.